The molecule has 1 N–H and O–H groups in total. The van der Waals surface area contributed by atoms with Crippen LogP contribution in [0.25, 0.3) is 11.0 Å². The summed E-state index contributed by atoms with van der Waals surface area (Å²) in [5.74, 6) is 0. The Balaban J connectivity index is 2.00. The van der Waals surface area contributed by atoms with Gasteiger partial charge < -0.3 is 10.1 Å². The van der Waals surface area contributed by atoms with Crippen molar-refractivity contribution in [2.24, 2.45) is 0 Å². The van der Waals surface area contributed by atoms with Crippen molar-refractivity contribution >= 4 is 27.1 Å². The largest absolute Gasteiger partial charge is 0.444 e. The molecule has 0 aliphatic heterocycles. The summed E-state index contributed by atoms with van der Waals surface area (Å²) >= 11 is 0. The summed E-state index contributed by atoms with van der Waals surface area (Å²) in [4.78, 5) is 16.9. The molecule has 0 bridgehead atoms. The van der Waals surface area contributed by atoms with E-state index >= 15 is 0 Å². The molecule has 3 rings (SSSR count). The molecular formula is C21H25N3O4S. The number of benzene rings is 1. The van der Waals surface area contributed by atoms with E-state index in [4.69, 9.17) is 4.74 Å². The number of ether oxygens (including phenoxy) is 1. The number of fused-ring (bicyclic) bond motifs is 1. The Morgan fingerprint density at radius 2 is 1.66 bits per heavy atom. The Labute approximate surface area is 170 Å². The molecule has 0 aliphatic rings. The van der Waals surface area contributed by atoms with Gasteiger partial charge in [-0.1, -0.05) is 18.2 Å². The third-order valence-electron chi connectivity index (χ3n) is 4.26. The van der Waals surface area contributed by atoms with E-state index in [1.54, 1.807) is 83.1 Å². The molecule has 2 heterocycles. The van der Waals surface area contributed by atoms with E-state index in [-0.39, 0.29) is 4.90 Å². The van der Waals surface area contributed by atoms with E-state index in [0.717, 1.165) is 3.97 Å². The standard InChI is InChI=1S/C21H25N3O4S/c1-20(2,3)28-19(25)23-21(4,5)17-12-11-15-13-14-24(18(15)22-17)29(26,27)16-9-7-6-8-10-16/h6-14H,1-5H3,(H,23,25). The van der Waals surface area contributed by atoms with Crippen molar-refractivity contribution in [3.8, 4) is 0 Å². The Morgan fingerprint density at radius 3 is 2.28 bits per heavy atom. The average molecular weight is 416 g/mol. The van der Waals surface area contributed by atoms with Gasteiger partial charge in [-0.25, -0.2) is 22.2 Å². The van der Waals surface area contributed by atoms with Gasteiger partial charge in [0.2, 0.25) is 0 Å². The second kappa shape index (κ2) is 7.18. The smallest absolute Gasteiger partial charge is 0.408 e. The van der Waals surface area contributed by atoms with Crippen LogP contribution >= 0.6 is 0 Å². The van der Waals surface area contributed by atoms with Crippen LogP contribution in [-0.4, -0.2) is 29.1 Å². The predicted molar refractivity (Wildman–Crippen MR) is 111 cm³/mol. The number of rotatable bonds is 4. The molecule has 2 aromatic heterocycles. The Bertz CT molecular complexity index is 1140. The second-order valence-corrected chi connectivity index (χ2v) is 10.1. The number of alkyl carbamates (subject to hydrolysis) is 1. The molecule has 8 heteroatoms. The highest BCUT2D eigenvalue weighted by molar-refractivity contribution is 7.90. The molecular weight excluding hydrogens is 390 g/mol. The number of hydrogen-bond donors (Lipinski definition) is 1. The van der Waals surface area contributed by atoms with Crippen LogP contribution in [0.4, 0.5) is 4.79 Å². The van der Waals surface area contributed by atoms with Crippen LogP contribution in [0.15, 0.2) is 59.6 Å². The maximum Gasteiger partial charge on any atom is 0.408 e. The lowest BCUT2D eigenvalue weighted by molar-refractivity contribution is 0.0468. The zero-order chi connectivity index (χ0) is 21.4. The summed E-state index contributed by atoms with van der Waals surface area (Å²) in [5, 5.41) is 3.48. The molecule has 7 nitrogen and oxygen atoms in total. The molecule has 0 fully saturated rings. The van der Waals surface area contributed by atoms with Crippen molar-refractivity contribution in [1.82, 2.24) is 14.3 Å². The van der Waals surface area contributed by atoms with Gasteiger partial charge in [0.25, 0.3) is 10.0 Å². The lowest BCUT2D eigenvalue weighted by atomic mass is 10.00. The van der Waals surface area contributed by atoms with Gasteiger partial charge in [0, 0.05) is 11.6 Å². The minimum atomic E-state index is -3.79. The first-order chi connectivity index (χ1) is 13.4. The van der Waals surface area contributed by atoms with Gasteiger partial charge in [-0.2, -0.15) is 0 Å². The maximum absolute atomic E-state index is 13.0. The van der Waals surface area contributed by atoms with E-state index in [0.29, 0.717) is 16.7 Å². The van der Waals surface area contributed by atoms with Crippen LogP contribution in [0.1, 0.15) is 40.3 Å². The van der Waals surface area contributed by atoms with Gasteiger partial charge >= 0.3 is 6.09 Å². The molecule has 0 saturated carbocycles. The quantitative estimate of drug-likeness (QED) is 0.695. The van der Waals surface area contributed by atoms with Gasteiger partial charge in [-0.3, -0.25) is 0 Å². The summed E-state index contributed by atoms with van der Waals surface area (Å²) in [6.07, 6.45) is 0.912. The summed E-state index contributed by atoms with van der Waals surface area (Å²) in [7, 11) is -3.79. The Kier molecular flexibility index (Phi) is 5.17. The highest BCUT2D eigenvalue weighted by atomic mass is 32.2. The average Bonchev–Trinajstić information content (AvgIpc) is 3.04. The van der Waals surface area contributed by atoms with Crippen LogP contribution in [0, 0.1) is 0 Å². The zero-order valence-corrected chi connectivity index (χ0v) is 17.9. The van der Waals surface area contributed by atoms with Gasteiger partial charge in [0.15, 0.2) is 5.65 Å². The summed E-state index contributed by atoms with van der Waals surface area (Å²) in [5.41, 5.74) is -0.692. The number of pyridine rings is 1. The highest BCUT2D eigenvalue weighted by Gasteiger charge is 2.29. The fraction of sp³-hybridized carbons (Fsp3) is 0.333. The van der Waals surface area contributed by atoms with Crippen LogP contribution in [0.3, 0.4) is 0 Å². The molecule has 0 unspecified atom stereocenters. The molecule has 154 valence electrons. The number of nitrogens with zero attached hydrogens (tertiary/aromatic N) is 2. The number of amides is 1. The first kappa shape index (κ1) is 20.9. The fourth-order valence-electron chi connectivity index (χ4n) is 2.86. The monoisotopic (exact) mass is 415 g/mol. The summed E-state index contributed by atoms with van der Waals surface area (Å²) < 4.78 is 32.6. The van der Waals surface area contributed by atoms with Crippen molar-refractivity contribution in [3.63, 3.8) is 0 Å². The third kappa shape index (κ3) is 4.42. The SMILES string of the molecule is CC(C)(C)OC(=O)NC(C)(C)c1ccc2ccn(S(=O)(=O)c3ccccc3)c2n1. The molecule has 1 amide bonds. The predicted octanol–water partition coefficient (Wildman–Crippen LogP) is 4.03. The lowest BCUT2D eigenvalue weighted by Crippen LogP contribution is -2.44. The van der Waals surface area contributed by atoms with E-state index in [9.17, 15) is 13.2 Å². The van der Waals surface area contributed by atoms with Crippen LogP contribution in [0.5, 0.6) is 0 Å². The number of nitrogens with one attached hydrogen (secondary N) is 1. The molecule has 0 saturated heterocycles. The van der Waals surface area contributed by atoms with Gasteiger partial charge in [0.1, 0.15) is 5.60 Å². The van der Waals surface area contributed by atoms with Crippen molar-refractivity contribution in [1.29, 1.82) is 0 Å². The van der Waals surface area contributed by atoms with Gasteiger partial charge in [-0.15, -0.1) is 0 Å². The first-order valence-corrected chi connectivity index (χ1v) is 10.6. The van der Waals surface area contributed by atoms with Gasteiger partial charge in [0.05, 0.1) is 16.1 Å². The minimum absolute atomic E-state index is 0.177. The zero-order valence-electron chi connectivity index (χ0n) is 17.1. The molecule has 3 aromatic rings. The van der Waals surface area contributed by atoms with Crippen molar-refractivity contribution in [2.45, 2.75) is 50.7 Å². The third-order valence-corrected chi connectivity index (χ3v) is 5.94. The lowest BCUT2D eigenvalue weighted by Gasteiger charge is -2.28. The molecule has 1 aromatic carbocycles. The Morgan fingerprint density at radius 1 is 1.00 bits per heavy atom. The minimum Gasteiger partial charge on any atom is -0.444 e. The van der Waals surface area contributed by atoms with E-state index in [1.165, 1.54) is 6.20 Å². The summed E-state index contributed by atoms with van der Waals surface area (Å²) in [6.45, 7) is 8.91. The summed E-state index contributed by atoms with van der Waals surface area (Å²) in [6, 6.07) is 13.4. The number of carbonyl (C=O) groups is 1. The Hall–Kier alpha value is -2.87. The second-order valence-electron chi connectivity index (χ2n) is 8.29. The first-order valence-electron chi connectivity index (χ1n) is 9.20. The highest BCUT2D eigenvalue weighted by Crippen LogP contribution is 2.25. The van der Waals surface area contributed by atoms with E-state index < -0.39 is 27.3 Å². The van der Waals surface area contributed by atoms with E-state index in [1.807, 2.05) is 0 Å². The number of carbonyl (C=O) groups excluding carboxylic acids is 1. The normalized spacial score (nSPS) is 12.7. The number of hydrogen-bond acceptors (Lipinski definition) is 5. The van der Waals surface area contributed by atoms with E-state index in [2.05, 4.69) is 10.3 Å². The van der Waals surface area contributed by atoms with Crippen LogP contribution in [-0.2, 0) is 20.3 Å². The van der Waals surface area contributed by atoms with Crippen molar-refractivity contribution < 1.29 is 17.9 Å². The fourth-order valence-corrected chi connectivity index (χ4v) is 4.18. The van der Waals surface area contributed by atoms with Gasteiger partial charge in [-0.05, 0) is 65.0 Å². The molecule has 29 heavy (non-hydrogen) atoms. The van der Waals surface area contributed by atoms with Crippen LogP contribution < -0.4 is 5.32 Å². The number of aromatic nitrogens is 2. The van der Waals surface area contributed by atoms with Crippen LogP contribution in [0.2, 0.25) is 0 Å². The molecule has 0 aliphatic carbocycles. The molecule has 0 atom stereocenters. The van der Waals surface area contributed by atoms with Crippen molar-refractivity contribution in [3.05, 3.63) is 60.4 Å². The van der Waals surface area contributed by atoms with Crippen molar-refractivity contribution in [2.75, 3.05) is 0 Å². The maximum atomic E-state index is 13.0. The molecule has 0 spiro atoms. The topological polar surface area (TPSA) is 90.3 Å². The molecule has 0 radical (unpaired) electrons.